The molecule has 0 amide bonds. The lowest BCUT2D eigenvalue weighted by Gasteiger charge is -2.08. The second-order valence-corrected chi connectivity index (χ2v) is 2.85. The Labute approximate surface area is 76.0 Å². The van der Waals surface area contributed by atoms with Crippen molar-refractivity contribution in [2.45, 2.75) is 25.7 Å². The molecule has 0 spiro atoms. The van der Waals surface area contributed by atoms with Gasteiger partial charge >= 0.3 is 11.9 Å². The van der Waals surface area contributed by atoms with E-state index in [-0.39, 0.29) is 13.0 Å². The zero-order chi connectivity index (χ0) is 10.3. The number of carbonyl (C=O) groups is 2. The molecule has 0 saturated carbocycles. The van der Waals surface area contributed by atoms with Crippen molar-refractivity contribution in [1.82, 2.24) is 0 Å². The van der Waals surface area contributed by atoms with Crippen LogP contribution in [-0.4, -0.2) is 33.9 Å². The molecular formula is C8H14O5. The minimum Gasteiger partial charge on any atom is -0.481 e. The van der Waals surface area contributed by atoms with Crippen LogP contribution in [0.2, 0.25) is 0 Å². The third-order valence-electron chi connectivity index (χ3n) is 1.73. The maximum absolute atomic E-state index is 10.5. The zero-order valence-electron chi connectivity index (χ0n) is 7.27. The van der Waals surface area contributed by atoms with E-state index in [4.69, 9.17) is 15.3 Å². The van der Waals surface area contributed by atoms with Crippen LogP contribution in [0.1, 0.15) is 25.7 Å². The first-order valence-electron chi connectivity index (χ1n) is 4.13. The average molecular weight is 190 g/mol. The summed E-state index contributed by atoms with van der Waals surface area (Å²) in [6.07, 6.45) is 1.02. The van der Waals surface area contributed by atoms with E-state index in [1.807, 2.05) is 0 Å². The van der Waals surface area contributed by atoms with E-state index in [2.05, 4.69) is 0 Å². The second-order valence-electron chi connectivity index (χ2n) is 2.85. The van der Waals surface area contributed by atoms with Gasteiger partial charge in [-0.25, -0.2) is 0 Å². The summed E-state index contributed by atoms with van der Waals surface area (Å²) in [7, 11) is 0. The van der Waals surface area contributed by atoms with E-state index in [9.17, 15) is 9.59 Å². The fraction of sp³-hybridized carbons (Fsp3) is 0.750. The molecule has 0 aliphatic heterocycles. The molecule has 0 aromatic rings. The second kappa shape index (κ2) is 6.42. The highest BCUT2D eigenvalue weighted by Gasteiger charge is 2.19. The lowest BCUT2D eigenvalue weighted by Crippen LogP contribution is -2.17. The Hall–Kier alpha value is -1.10. The number of hydrogen-bond donors (Lipinski definition) is 3. The van der Waals surface area contributed by atoms with Gasteiger partial charge in [0.1, 0.15) is 0 Å². The van der Waals surface area contributed by atoms with Crippen LogP contribution in [-0.2, 0) is 9.59 Å². The van der Waals surface area contributed by atoms with Crippen LogP contribution < -0.4 is 0 Å². The van der Waals surface area contributed by atoms with E-state index in [1.165, 1.54) is 0 Å². The Bertz CT molecular complexity index is 177. The van der Waals surface area contributed by atoms with Crippen molar-refractivity contribution in [2.24, 2.45) is 5.92 Å². The molecule has 0 heterocycles. The normalized spacial score (nSPS) is 12.4. The third kappa shape index (κ3) is 6.10. The largest absolute Gasteiger partial charge is 0.481 e. The summed E-state index contributed by atoms with van der Waals surface area (Å²) in [6.45, 7) is 0.0133. The molecule has 0 rings (SSSR count). The minimum absolute atomic E-state index is 0.0133. The maximum Gasteiger partial charge on any atom is 0.307 e. The number of unbranched alkanes of at least 4 members (excludes halogenated alkanes) is 1. The molecule has 5 nitrogen and oxygen atoms in total. The van der Waals surface area contributed by atoms with Crippen LogP contribution in [0.15, 0.2) is 0 Å². The smallest absolute Gasteiger partial charge is 0.307 e. The van der Waals surface area contributed by atoms with E-state index in [0.717, 1.165) is 0 Å². The predicted molar refractivity (Wildman–Crippen MR) is 44.3 cm³/mol. The summed E-state index contributed by atoms with van der Waals surface area (Å²) in [5.74, 6) is -3.01. The summed E-state index contributed by atoms with van der Waals surface area (Å²) < 4.78 is 0. The molecule has 5 heteroatoms. The molecule has 0 saturated heterocycles. The molecule has 0 aliphatic rings. The van der Waals surface area contributed by atoms with E-state index in [1.54, 1.807) is 0 Å². The molecule has 0 radical (unpaired) electrons. The van der Waals surface area contributed by atoms with E-state index >= 15 is 0 Å². The van der Waals surface area contributed by atoms with E-state index < -0.39 is 17.9 Å². The molecule has 13 heavy (non-hydrogen) atoms. The Kier molecular flexibility index (Phi) is 5.88. The Morgan fingerprint density at radius 3 is 2.15 bits per heavy atom. The number of rotatable bonds is 7. The van der Waals surface area contributed by atoms with Gasteiger partial charge in [0.15, 0.2) is 0 Å². The third-order valence-corrected chi connectivity index (χ3v) is 1.73. The maximum atomic E-state index is 10.5. The van der Waals surface area contributed by atoms with E-state index in [0.29, 0.717) is 19.3 Å². The van der Waals surface area contributed by atoms with Gasteiger partial charge in [-0.05, 0) is 12.8 Å². The van der Waals surface area contributed by atoms with Crippen LogP contribution in [0.4, 0.5) is 0 Å². The van der Waals surface area contributed by atoms with Gasteiger partial charge in [0, 0.05) is 6.61 Å². The van der Waals surface area contributed by atoms with Crippen molar-refractivity contribution in [1.29, 1.82) is 0 Å². The van der Waals surface area contributed by atoms with Crippen LogP contribution >= 0.6 is 0 Å². The number of hydrogen-bond acceptors (Lipinski definition) is 3. The van der Waals surface area contributed by atoms with Crippen molar-refractivity contribution < 1.29 is 24.9 Å². The number of carboxylic acid groups (broad SMARTS) is 2. The van der Waals surface area contributed by atoms with Crippen molar-refractivity contribution in [3.8, 4) is 0 Å². The predicted octanol–water partition coefficient (Wildman–Crippen LogP) is 0.325. The van der Waals surface area contributed by atoms with Gasteiger partial charge < -0.3 is 15.3 Å². The summed E-state index contributed by atoms with van der Waals surface area (Å²) in [5.41, 5.74) is 0. The Morgan fingerprint density at radius 2 is 1.77 bits per heavy atom. The molecule has 1 unspecified atom stereocenters. The van der Waals surface area contributed by atoms with Crippen molar-refractivity contribution in [3.05, 3.63) is 0 Å². The van der Waals surface area contributed by atoms with Gasteiger partial charge in [0.05, 0.1) is 12.3 Å². The lowest BCUT2D eigenvalue weighted by molar-refractivity contribution is -0.148. The number of carboxylic acids is 2. The van der Waals surface area contributed by atoms with Gasteiger partial charge in [-0.15, -0.1) is 0 Å². The monoisotopic (exact) mass is 190 g/mol. The van der Waals surface area contributed by atoms with Gasteiger partial charge in [0.2, 0.25) is 0 Å². The molecule has 1 atom stereocenters. The van der Waals surface area contributed by atoms with Crippen molar-refractivity contribution >= 4 is 11.9 Å². The SMILES string of the molecule is O=C(O)CC(CCCCO)C(=O)O. The summed E-state index contributed by atoms with van der Waals surface area (Å²) in [4.78, 5) is 20.7. The Morgan fingerprint density at radius 1 is 1.15 bits per heavy atom. The van der Waals surface area contributed by atoms with Crippen LogP contribution in [0.3, 0.4) is 0 Å². The van der Waals surface area contributed by atoms with Crippen LogP contribution in [0.5, 0.6) is 0 Å². The van der Waals surface area contributed by atoms with Crippen LogP contribution in [0, 0.1) is 5.92 Å². The first kappa shape index (κ1) is 11.9. The zero-order valence-corrected chi connectivity index (χ0v) is 7.27. The highest BCUT2D eigenvalue weighted by atomic mass is 16.4. The molecule has 76 valence electrons. The van der Waals surface area contributed by atoms with Gasteiger partial charge in [-0.3, -0.25) is 9.59 Å². The quantitative estimate of drug-likeness (QED) is 0.503. The first-order valence-corrected chi connectivity index (χ1v) is 4.13. The summed E-state index contributed by atoms with van der Waals surface area (Å²) in [5, 5.41) is 25.4. The first-order chi connectivity index (χ1) is 6.07. The summed E-state index contributed by atoms with van der Waals surface area (Å²) in [6, 6.07) is 0. The highest BCUT2D eigenvalue weighted by molar-refractivity contribution is 5.77. The standard InChI is InChI=1S/C8H14O5/c9-4-2-1-3-6(8(12)13)5-7(10)11/h6,9H,1-5H2,(H,10,11)(H,12,13). The lowest BCUT2D eigenvalue weighted by atomic mass is 9.99. The number of aliphatic carboxylic acids is 2. The molecule has 3 N–H and O–H groups in total. The molecular weight excluding hydrogens is 176 g/mol. The van der Waals surface area contributed by atoms with Gasteiger partial charge in [-0.1, -0.05) is 6.42 Å². The van der Waals surface area contributed by atoms with Gasteiger partial charge in [-0.2, -0.15) is 0 Å². The highest BCUT2D eigenvalue weighted by Crippen LogP contribution is 2.12. The van der Waals surface area contributed by atoms with Crippen LogP contribution in [0.25, 0.3) is 0 Å². The Balaban J connectivity index is 3.81. The minimum atomic E-state index is -1.10. The summed E-state index contributed by atoms with van der Waals surface area (Å²) >= 11 is 0. The average Bonchev–Trinajstić information content (AvgIpc) is 2.02. The molecule has 0 fully saturated rings. The van der Waals surface area contributed by atoms with Crippen molar-refractivity contribution in [3.63, 3.8) is 0 Å². The van der Waals surface area contributed by atoms with Crippen molar-refractivity contribution in [2.75, 3.05) is 6.61 Å². The molecule has 0 bridgehead atoms. The fourth-order valence-electron chi connectivity index (χ4n) is 1.03. The number of aliphatic hydroxyl groups excluding tert-OH is 1. The molecule has 0 aromatic carbocycles. The van der Waals surface area contributed by atoms with Gasteiger partial charge in [0.25, 0.3) is 0 Å². The fourth-order valence-corrected chi connectivity index (χ4v) is 1.03. The molecule has 0 aromatic heterocycles. The number of aliphatic hydroxyl groups is 1. The molecule has 0 aliphatic carbocycles. The topological polar surface area (TPSA) is 94.8 Å².